The van der Waals surface area contributed by atoms with Crippen molar-refractivity contribution in [2.75, 3.05) is 13.7 Å². The number of rotatable bonds is 7. The second-order valence-electron chi connectivity index (χ2n) is 5.41. The molecule has 0 unspecified atom stereocenters. The summed E-state index contributed by atoms with van der Waals surface area (Å²) in [5, 5.41) is 0. The summed E-state index contributed by atoms with van der Waals surface area (Å²) in [5.74, 6) is 1.57. The van der Waals surface area contributed by atoms with Crippen LogP contribution in [-0.2, 0) is 11.3 Å². The van der Waals surface area contributed by atoms with Gasteiger partial charge in [-0.3, -0.25) is 0 Å². The van der Waals surface area contributed by atoms with E-state index in [1.807, 2.05) is 24.3 Å². The molecule has 1 heterocycles. The van der Waals surface area contributed by atoms with Crippen LogP contribution < -0.4 is 9.47 Å². The molecule has 0 bridgehead atoms. The predicted octanol–water partition coefficient (Wildman–Crippen LogP) is 4.11. The van der Waals surface area contributed by atoms with Crippen LogP contribution in [0.1, 0.15) is 23.0 Å². The van der Waals surface area contributed by atoms with Crippen LogP contribution in [0.3, 0.4) is 0 Å². The number of methoxy groups -OCH3 is 1. The van der Waals surface area contributed by atoms with Gasteiger partial charge in [-0.1, -0.05) is 0 Å². The summed E-state index contributed by atoms with van der Waals surface area (Å²) in [4.78, 5) is 16.0. The third kappa shape index (κ3) is 4.22. The molecule has 0 spiro atoms. The van der Waals surface area contributed by atoms with Crippen LogP contribution in [0.15, 0.2) is 59.2 Å². The van der Waals surface area contributed by atoms with Gasteiger partial charge in [0.25, 0.3) is 0 Å². The molecule has 0 saturated carbocycles. The fourth-order valence-electron chi connectivity index (χ4n) is 2.30. The summed E-state index contributed by atoms with van der Waals surface area (Å²) in [6.45, 7) is 2.38. The smallest absolute Gasteiger partial charge is 0.338 e. The van der Waals surface area contributed by atoms with Gasteiger partial charge < -0.3 is 18.6 Å². The highest BCUT2D eigenvalue weighted by Crippen LogP contribution is 2.22. The normalized spacial score (nSPS) is 10.4. The van der Waals surface area contributed by atoms with Crippen molar-refractivity contribution in [1.29, 1.82) is 0 Å². The number of nitrogens with zero attached hydrogens (tertiary/aromatic N) is 1. The largest absolute Gasteiger partial charge is 0.497 e. The van der Waals surface area contributed by atoms with Crippen molar-refractivity contribution in [3.8, 4) is 23.0 Å². The Morgan fingerprint density at radius 1 is 1.04 bits per heavy atom. The molecule has 2 aromatic carbocycles. The van der Waals surface area contributed by atoms with Crippen LogP contribution in [0.2, 0.25) is 0 Å². The van der Waals surface area contributed by atoms with E-state index in [4.69, 9.17) is 18.6 Å². The molecule has 0 fully saturated rings. The van der Waals surface area contributed by atoms with Crippen molar-refractivity contribution in [3.63, 3.8) is 0 Å². The van der Waals surface area contributed by atoms with Gasteiger partial charge in [-0.15, -0.1) is 0 Å². The van der Waals surface area contributed by atoms with E-state index in [1.54, 1.807) is 44.6 Å². The summed E-state index contributed by atoms with van der Waals surface area (Å²) >= 11 is 0. The van der Waals surface area contributed by atoms with E-state index in [0.29, 0.717) is 29.5 Å². The van der Waals surface area contributed by atoms with Gasteiger partial charge >= 0.3 is 5.97 Å². The van der Waals surface area contributed by atoms with Gasteiger partial charge in [-0.25, -0.2) is 9.78 Å². The predicted molar refractivity (Wildman–Crippen MR) is 95.2 cm³/mol. The Morgan fingerprint density at radius 3 is 2.38 bits per heavy atom. The third-order valence-corrected chi connectivity index (χ3v) is 3.64. The van der Waals surface area contributed by atoms with Crippen molar-refractivity contribution in [2.24, 2.45) is 0 Å². The second kappa shape index (κ2) is 8.20. The number of carbonyl (C=O) groups is 1. The number of carbonyl (C=O) groups excluding carboxylic acids is 1. The first-order chi connectivity index (χ1) is 12.7. The molecule has 0 atom stereocenters. The Morgan fingerprint density at radius 2 is 1.73 bits per heavy atom. The Hall–Kier alpha value is -3.28. The maximum absolute atomic E-state index is 11.6. The standard InChI is InChI=1S/C20H19NO5/c1-3-24-20(22)15-6-10-18(11-7-15)25-12-16-13-26-19(21-16)14-4-8-17(23-2)9-5-14/h4-11,13H,3,12H2,1-2H3. The van der Waals surface area contributed by atoms with Crippen molar-refractivity contribution in [2.45, 2.75) is 13.5 Å². The second-order valence-corrected chi connectivity index (χ2v) is 5.41. The van der Waals surface area contributed by atoms with E-state index in [1.165, 1.54) is 0 Å². The number of benzene rings is 2. The van der Waals surface area contributed by atoms with E-state index < -0.39 is 0 Å². The lowest BCUT2D eigenvalue weighted by Gasteiger charge is -2.05. The van der Waals surface area contributed by atoms with Crippen molar-refractivity contribution in [1.82, 2.24) is 4.98 Å². The molecule has 3 aromatic rings. The molecule has 0 aliphatic heterocycles. The zero-order valence-corrected chi connectivity index (χ0v) is 14.6. The van der Waals surface area contributed by atoms with E-state index in [-0.39, 0.29) is 12.6 Å². The molecule has 0 N–H and O–H groups in total. The zero-order valence-electron chi connectivity index (χ0n) is 14.6. The minimum atomic E-state index is -0.348. The number of ether oxygens (including phenoxy) is 3. The number of hydrogen-bond donors (Lipinski definition) is 0. The molecule has 26 heavy (non-hydrogen) atoms. The van der Waals surface area contributed by atoms with E-state index >= 15 is 0 Å². The molecule has 0 aliphatic rings. The monoisotopic (exact) mass is 353 g/mol. The van der Waals surface area contributed by atoms with Gasteiger partial charge in [0.2, 0.25) is 5.89 Å². The lowest BCUT2D eigenvalue weighted by atomic mass is 10.2. The van der Waals surface area contributed by atoms with Crippen molar-refractivity contribution < 1.29 is 23.4 Å². The van der Waals surface area contributed by atoms with Crippen LogP contribution in [0.25, 0.3) is 11.5 Å². The first-order valence-electron chi connectivity index (χ1n) is 8.18. The molecular weight excluding hydrogens is 334 g/mol. The Bertz CT molecular complexity index is 853. The molecular formula is C20H19NO5. The van der Waals surface area contributed by atoms with Gasteiger partial charge in [0.1, 0.15) is 30.1 Å². The average molecular weight is 353 g/mol. The topological polar surface area (TPSA) is 70.8 Å². The van der Waals surface area contributed by atoms with Gasteiger partial charge in [0, 0.05) is 5.56 Å². The minimum absolute atomic E-state index is 0.262. The fraction of sp³-hybridized carbons (Fsp3) is 0.200. The highest BCUT2D eigenvalue weighted by molar-refractivity contribution is 5.89. The first kappa shape index (κ1) is 17.5. The lowest BCUT2D eigenvalue weighted by Crippen LogP contribution is -2.04. The van der Waals surface area contributed by atoms with Crippen molar-refractivity contribution >= 4 is 5.97 Å². The summed E-state index contributed by atoms with van der Waals surface area (Å²) in [6.07, 6.45) is 1.56. The van der Waals surface area contributed by atoms with Crippen molar-refractivity contribution in [3.05, 3.63) is 66.1 Å². The number of aromatic nitrogens is 1. The number of oxazole rings is 1. The van der Waals surface area contributed by atoms with Gasteiger partial charge in [0.15, 0.2) is 0 Å². The molecule has 0 aliphatic carbocycles. The summed E-state index contributed by atoms with van der Waals surface area (Å²) in [7, 11) is 1.62. The van der Waals surface area contributed by atoms with E-state index in [0.717, 1.165) is 11.3 Å². The van der Waals surface area contributed by atoms with Gasteiger partial charge in [-0.2, -0.15) is 0 Å². The van der Waals surface area contributed by atoms with E-state index in [9.17, 15) is 4.79 Å². The van der Waals surface area contributed by atoms with Crippen LogP contribution in [0.5, 0.6) is 11.5 Å². The Kier molecular flexibility index (Phi) is 5.53. The highest BCUT2D eigenvalue weighted by atomic mass is 16.5. The van der Waals surface area contributed by atoms with Gasteiger partial charge in [-0.05, 0) is 55.5 Å². The van der Waals surface area contributed by atoms with Crippen LogP contribution >= 0.6 is 0 Å². The maximum atomic E-state index is 11.6. The number of hydrogen-bond acceptors (Lipinski definition) is 6. The summed E-state index contributed by atoms with van der Waals surface area (Å²) in [5.41, 5.74) is 2.02. The van der Waals surface area contributed by atoms with E-state index in [2.05, 4.69) is 4.98 Å². The third-order valence-electron chi connectivity index (χ3n) is 3.64. The maximum Gasteiger partial charge on any atom is 0.338 e. The summed E-state index contributed by atoms with van der Waals surface area (Å²) < 4.78 is 21.3. The molecule has 0 saturated heterocycles. The van der Waals surface area contributed by atoms with Crippen LogP contribution in [0, 0.1) is 0 Å². The Balaban J connectivity index is 1.60. The molecule has 0 radical (unpaired) electrons. The quantitative estimate of drug-likeness (QED) is 0.596. The molecule has 134 valence electrons. The first-order valence-corrected chi connectivity index (χ1v) is 8.18. The van der Waals surface area contributed by atoms with Gasteiger partial charge in [0.05, 0.1) is 19.3 Å². The van der Waals surface area contributed by atoms with Crippen LogP contribution in [0.4, 0.5) is 0 Å². The SMILES string of the molecule is CCOC(=O)c1ccc(OCc2coc(-c3ccc(OC)cc3)n2)cc1. The molecule has 3 rings (SSSR count). The minimum Gasteiger partial charge on any atom is -0.497 e. The molecule has 6 heteroatoms. The lowest BCUT2D eigenvalue weighted by molar-refractivity contribution is 0.0526. The van der Waals surface area contributed by atoms with Crippen LogP contribution in [-0.4, -0.2) is 24.7 Å². The number of esters is 1. The summed E-state index contributed by atoms with van der Waals surface area (Å²) in [6, 6.07) is 14.2. The Labute approximate surface area is 151 Å². The highest BCUT2D eigenvalue weighted by Gasteiger charge is 2.09. The molecule has 6 nitrogen and oxygen atoms in total. The molecule has 0 amide bonds. The fourth-order valence-corrected chi connectivity index (χ4v) is 2.30. The average Bonchev–Trinajstić information content (AvgIpc) is 3.16. The molecule has 1 aromatic heterocycles. The zero-order chi connectivity index (χ0) is 18.4.